The molecule has 24 heavy (non-hydrogen) atoms. The van der Waals surface area contributed by atoms with Gasteiger partial charge in [-0.15, -0.1) is 0 Å². The zero-order valence-corrected chi connectivity index (χ0v) is 15.9. The molecule has 128 valence electrons. The smallest absolute Gasteiger partial charge is 0.261 e. The molecule has 1 aromatic carbocycles. The lowest BCUT2D eigenvalue weighted by Gasteiger charge is -2.26. The van der Waals surface area contributed by atoms with Gasteiger partial charge in [0.25, 0.3) is 5.56 Å². The Labute approximate surface area is 156 Å². The zero-order chi connectivity index (χ0) is 17.3. The van der Waals surface area contributed by atoms with Crippen LogP contribution in [0.25, 0.3) is 10.9 Å². The Morgan fingerprint density at radius 3 is 3.04 bits per heavy atom. The van der Waals surface area contributed by atoms with Crippen LogP contribution in [0.4, 0.5) is 0 Å². The van der Waals surface area contributed by atoms with E-state index in [9.17, 15) is 14.7 Å². The molecule has 8 heteroatoms. The molecule has 0 spiro atoms. The summed E-state index contributed by atoms with van der Waals surface area (Å²) in [6.07, 6.45) is 2.90. The van der Waals surface area contributed by atoms with Gasteiger partial charge in [0.05, 0.1) is 34.9 Å². The summed E-state index contributed by atoms with van der Waals surface area (Å²) in [5, 5.41) is 10.7. The molecule has 1 saturated heterocycles. The summed E-state index contributed by atoms with van der Waals surface area (Å²) in [6, 6.07) is 3.23. The van der Waals surface area contributed by atoms with Gasteiger partial charge in [0.15, 0.2) is 5.78 Å². The highest BCUT2D eigenvalue weighted by molar-refractivity contribution is 9.10. The van der Waals surface area contributed by atoms with E-state index < -0.39 is 6.10 Å². The summed E-state index contributed by atoms with van der Waals surface area (Å²) in [4.78, 5) is 29.0. The largest absolute Gasteiger partial charge is 0.392 e. The van der Waals surface area contributed by atoms with Gasteiger partial charge in [-0.1, -0.05) is 11.6 Å². The first-order chi connectivity index (χ1) is 11.5. The predicted octanol–water partition coefficient (Wildman–Crippen LogP) is 3.03. The molecule has 0 aliphatic carbocycles. The molecule has 1 N–H and O–H groups in total. The number of Topliss-reactive ketones (excluding diaryl/α,β-unsaturated/α-hetero) is 1. The van der Waals surface area contributed by atoms with Crippen LogP contribution in [0.1, 0.15) is 19.3 Å². The van der Waals surface area contributed by atoms with E-state index in [1.54, 1.807) is 23.9 Å². The third-order valence-electron chi connectivity index (χ3n) is 4.05. The number of aliphatic hydroxyl groups is 1. The van der Waals surface area contributed by atoms with Gasteiger partial charge in [0, 0.05) is 16.1 Å². The molecular weight excluding hydrogens is 416 g/mol. The van der Waals surface area contributed by atoms with Gasteiger partial charge in [-0.05, 0) is 46.7 Å². The Morgan fingerprint density at radius 1 is 1.50 bits per heavy atom. The molecule has 1 aromatic heterocycles. The van der Waals surface area contributed by atoms with E-state index in [1.807, 2.05) is 0 Å². The van der Waals surface area contributed by atoms with Crippen molar-refractivity contribution in [2.75, 3.05) is 5.75 Å². The first kappa shape index (κ1) is 17.9. The van der Waals surface area contributed by atoms with Gasteiger partial charge in [0.1, 0.15) is 0 Å². The topological polar surface area (TPSA) is 72.2 Å². The Balaban J connectivity index is 1.79. The second-order valence-electron chi connectivity index (χ2n) is 5.82. The summed E-state index contributed by atoms with van der Waals surface area (Å²) in [5.41, 5.74) is 0.234. The quantitative estimate of drug-likeness (QED) is 0.805. The molecule has 1 aliphatic rings. The van der Waals surface area contributed by atoms with Crippen molar-refractivity contribution >= 4 is 56.0 Å². The minimum atomic E-state index is -0.449. The molecule has 2 atom stereocenters. The average molecular weight is 432 g/mol. The highest BCUT2D eigenvalue weighted by Crippen LogP contribution is 2.28. The number of thioether (sulfide) groups is 1. The number of hydrogen-bond donors (Lipinski definition) is 1. The first-order valence-corrected chi connectivity index (χ1v) is 9.83. The number of fused-ring (bicyclic) bond motifs is 1. The maximum Gasteiger partial charge on any atom is 0.261 e. The average Bonchev–Trinajstić information content (AvgIpc) is 2.54. The molecule has 0 bridgehead atoms. The Morgan fingerprint density at radius 2 is 2.29 bits per heavy atom. The molecule has 0 unspecified atom stereocenters. The molecule has 3 rings (SSSR count). The van der Waals surface area contributed by atoms with Crippen LogP contribution < -0.4 is 5.56 Å². The molecule has 5 nitrogen and oxygen atoms in total. The summed E-state index contributed by atoms with van der Waals surface area (Å²) in [7, 11) is 0. The maximum absolute atomic E-state index is 12.5. The predicted molar refractivity (Wildman–Crippen MR) is 99.8 cm³/mol. The zero-order valence-electron chi connectivity index (χ0n) is 12.7. The number of nitrogens with zero attached hydrogens (tertiary/aromatic N) is 2. The Hall–Kier alpha value is -0.890. The molecule has 1 fully saturated rings. The number of carbonyl (C=O) groups is 1. The SMILES string of the molecule is O=C(C[C@@H]1SCCC[C@H]1O)Cn1cnc2cc(Br)c(Cl)cc2c1=O. The number of carbonyl (C=O) groups excluding carboxylic acids is 1. The van der Waals surface area contributed by atoms with Crippen LogP contribution in [-0.4, -0.2) is 37.5 Å². The van der Waals surface area contributed by atoms with E-state index in [4.69, 9.17) is 11.6 Å². The minimum Gasteiger partial charge on any atom is -0.392 e. The van der Waals surface area contributed by atoms with Crippen molar-refractivity contribution in [1.29, 1.82) is 0 Å². The van der Waals surface area contributed by atoms with E-state index in [0.29, 0.717) is 20.4 Å². The van der Waals surface area contributed by atoms with E-state index in [0.717, 1.165) is 18.6 Å². The van der Waals surface area contributed by atoms with E-state index in [-0.39, 0.29) is 29.6 Å². The number of rotatable bonds is 4. The highest BCUT2D eigenvalue weighted by atomic mass is 79.9. The van der Waals surface area contributed by atoms with Gasteiger partial charge in [-0.2, -0.15) is 11.8 Å². The fraction of sp³-hybridized carbons (Fsp3) is 0.438. The molecule has 2 heterocycles. The van der Waals surface area contributed by atoms with Crippen LogP contribution in [-0.2, 0) is 11.3 Å². The van der Waals surface area contributed by atoms with Crippen LogP contribution in [0.5, 0.6) is 0 Å². The Kier molecular flexibility index (Phi) is 5.64. The number of ketones is 1. The lowest BCUT2D eigenvalue weighted by atomic mass is 10.1. The van der Waals surface area contributed by atoms with Gasteiger partial charge in [0.2, 0.25) is 0 Å². The van der Waals surface area contributed by atoms with Crippen LogP contribution in [0.15, 0.2) is 27.7 Å². The molecule has 0 radical (unpaired) electrons. The van der Waals surface area contributed by atoms with Crippen molar-refractivity contribution in [1.82, 2.24) is 9.55 Å². The summed E-state index contributed by atoms with van der Waals surface area (Å²) < 4.78 is 1.97. The van der Waals surface area contributed by atoms with E-state index >= 15 is 0 Å². The number of aliphatic hydroxyl groups excluding tert-OH is 1. The van der Waals surface area contributed by atoms with Crippen molar-refractivity contribution in [3.8, 4) is 0 Å². The first-order valence-electron chi connectivity index (χ1n) is 7.61. The minimum absolute atomic E-state index is 0.0424. The van der Waals surface area contributed by atoms with Gasteiger partial charge < -0.3 is 5.11 Å². The van der Waals surface area contributed by atoms with Crippen LogP contribution >= 0.6 is 39.3 Å². The van der Waals surface area contributed by atoms with Gasteiger partial charge in [-0.3, -0.25) is 14.2 Å². The monoisotopic (exact) mass is 430 g/mol. The second kappa shape index (κ2) is 7.56. The molecular formula is C16H16BrClN2O3S. The fourth-order valence-electron chi connectivity index (χ4n) is 2.76. The number of halogens is 2. The number of hydrogen-bond acceptors (Lipinski definition) is 5. The molecule has 2 aromatic rings. The summed E-state index contributed by atoms with van der Waals surface area (Å²) >= 11 is 11.0. The standard InChI is InChI=1S/C16H16BrClN2O3S/c17-11-6-13-10(5-12(11)18)16(23)20(8-19-13)7-9(21)4-15-14(22)2-1-3-24-15/h5-6,8,14-15,22H,1-4,7H2/t14-,15+/m1/s1. The maximum atomic E-state index is 12.5. The summed E-state index contributed by atoms with van der Waals surface area (Å²) in [6.45, 7) is -0.0424. The fourth-order valence-corrected chi connectivity index (χ4v) is 4.56. The lowest BCUT2D eigenvalue weighted by molar-refractivity contribution is -0.120. The number of aromatic nitrogens is 2. The van der Waals surface area contributed by atoms with Crippen molar-refractivity contribution in [2.24, 2.45) is 0 Å². The van der Waals surface area contributed by atoms with E-state index in [2.05, 4.69) is 20.9 Å². The van der Waals surface area contributed by atoms with Gasteiger partial charge in [-0.25, -0.2) is 4.98 Å². The molecule has 0 amide bonds. The Bertz CT molecular complexity index is 842. The third-order valence-corrected chi connectivity index (χ3v) is 6.68. The third kappa shape index (κ3) is 3.85. The van der Waals surface area contributed by atoms with Crippen molar-refractivity contribution in [3.05, 3.63) is 38.3 Å². The van der Waals surface area contributed by atoms with Crippen LogP contribution in [0.2, 0.25) is 5.02 Å². The van der Waals surface area contributed by atoms with Gasteiger partial charge >= 0.3 is 0 Å². The molecule has 0 saturated carbocycles. The lowest BCUT2D eigenvalue weighted by Crippen LogP contribution is -2.32. The number of benzene rings is 1. The van der Waals surface area contributed by atoms with Crippen LogP contribution in [0, 0.1) is 0 Å². The normalized spacial score (nSPS) is 21.1. The molecule has 1 aliphatic heterocycles. The second-order valence-corrected chi connectivity index (χ2v) is 8.43. The van der Waals surface area contributed by atoms with Crippen molar-refractivity contribution in [3.63, 3.8) is 0 Å². The van der Waals surface area contributed by atoms with E-state index in [1.165, 1.54) is 10.9 Å². The summed E-state index contributed by atoms with van der Waals surface area (Å²) in [5.74, 6) is 0.875. The van der Waals surface area contributed by atoms with Crippen molar-refractivity contribution in [2.45, 2.75) is 37.2 Å². The van der Waals surface area contributed by atoms with Crippen LogP contribution in [0.3, 0.4) is 0 Å². The van der Waals surface area contributed by atoms with Crippen molar-refractivity contribution < 1.29 is 9.90 Å². The highest BCUT2D eigenvalue weighted by Gasteiger charge is 2.26.